The Morgan fingerprint density at radius 3 is 2.58 bits per heavy atom. The van der Waals surface area contributed by atoms with Crippen molar-refractivity contribution in [2.45, 2.75) is 33.1 Å². The Hall–Kier alpha value is -0.920. The number of hydrogen-bond acceptors (Lipinski definition) is 1. The van der Waals surface area contributed by atoms with Crippen molar-refractivity contribution in [2.75, 3.05) is 0 Å². The van der Waals surface area contributed by atoms with Gasteiger partial charge in [0.1, 0.15) is 5.82 Å². The highest BCUT2D eigenvalue weighted by atomic mass is 19.1. The van der Waals surface area contributed by atoms with Gasteiger partial charge in [0.15, 0.2) is 0 Å². The number of hydrogen-bond donors (Lipinski definition) is 0. The van der Waals surface area contributed by atoms with E-state index in [1.807, 2.05) is 20.8 Å². The van der Waals surface area contributed by atoms with E-state index in [1.165, 1.54) is 6.07 Å². The van der Waals surface area contributed by atoms with Gasteiger partial charge < -0.3 is 0 Å². The molecule has 1 heterocycles. The van der Waals surface area contributed by atoms with E-state index in [1.54, 1.807) is 6.07 Å². The molecule has 0 saturated heterocycles. The predicted octanol–water partition coefficient (Wildman–Crippen LogP) is 2.91. The van der Waals surface area contributed by atoms with Crippen LogP contribution in [0.15, 0.2) is 12.1 Å². The van der Waals surface area contributed by atoms with Crippen molar-refractivity contribution in [2.24, 2.45) is 0 Å². The molecule has 0 N–H and O–H groups in total. The molecule has 0 atom stereocenters. The van der Waals surface area contributed by atoms with Gasteiger partial charge in [0.05, 0.1) is 5.69 Å². The first-order valence-electron chi connectivity index (χ1n) is 4.30. The van der Waals surface area contributed by atoms with Crippen LogP contribution in [0.25, 0.3) is 0 Å². The average Bonchev–Trinajstić information content (AvgIpc) is 2.05. The molecule has 0 saturated carbocycles. The van der Waals surface area contributed by atoms with Gasteiger partial charge in [-0.25, -0.2) is 4.39 Å². The molecule has 0 aliphatic carbocycles. The van der Waals surface area contributed by atoms with Crippen molar-refractivity contribution in [3.05, 3.63) is 29.3 Å². The minimum atomic E-state index is -0.192. The topological polar surface area (TPSA) is 12.9 Å². The van der Waals surface area contributed by atoms with Crippen molar-refractivity contribution < 1.29 is 4.39 Å². The Morgan fingerprint density at radius 1 is 1.42 bits per heavy atom. The molecular formula is C10H14FN. The molecule has 0 fully saturated rings. The Labute approximate surface area is 72.6 Å². The minimum absolute atomic E-state index is 0.163. The summed E-state index contributed by atoms with van der Waals surface area (Å²) in [5.41, 5.74) is 1.54. The Balaban J connectivity index is 3.08. The van der Waals surface area contributed by atoms with Gasteiger partial charge in [-0.3, -0.25) is 4.98 Å². The Bertz CT molecular complexity index is 269. The normalized spacial score (nSPS) is 10.8. The Kier molecular flexibility index (Phi) is 2.79. The lowest BCUT2D eigenvalue weighted by Gasteiger charge is -2.06. The third-order valence-electron chi connectivity index (χ3n) is 1.84. The van der Waals surface area contributed by atoms with Gasteiger partial charge in [0, 0.05) is 5.69 Å². The number of pyridine rings is 1. The fraction of sp³-hybridized carbons (Fsp3) is 0.500. The predicted molar refractivity (Wildman–Crippen MR) is 47.7 cm³/mol. The molecule has 0 spiro atoms. The SMILES string of the molecule is CCc1ccc(F)c(C(C)C)n1. The highest BCUT2D eigenvalue weighted by Crippen LogP contribution is 2.16. The summed E-state index contributed by atoms with van der Waals surface area (Å²) in [6, 6.07) is 3.24. The first kappa shape index (κ1) is 9.17. The van der Waals surface area contributed by atoms with Crippen LogP contribution in [0.2, 0.25) is 0 Å². The summed E-state index contributed by atoms with van der Waals surface area (Å²) in [7, 11) is 0. The molecule has 0 aliphatic heterocycles. The third-order valence-corrected chi connectivity index (χ3v) is 1.84. The molecule has 66 valence electrons. The van der Waals surface area contributed by atoms with Gasteiger partial charge in [-0.2, -0.15) is 0 Å². The zero-order valence-electron chi connectivity index (χ0n) is 7.76. The fourth-order valence-corrected chi connectivity index (χ4v) is 1.10. The van der Waals surface area contributed by atoms with E-state index in [0.717, 1.165) is 12.1 Å². The second-order valence-corrected chi connectivity index (χ2v) is 3.18. The van der Waals surface area contributed by atoms with Crippen LogP contribution >= 0.6 is 0 Å². The fourth-order valence-electron chi connectivity index (χ4n) is 1.10. The summed E-state index contributed by atoms with van der Waals surface area (Å²) in [5.74, 6) is -0.0290. The summed E-state index contributed by atoms with van der Waals surface area (Å²) in [4.78, 5) is 4.22. The van der Waals surface area contributed by atoms with Crippen LogP contribution in [0.3, 0.4) is 0 Å². The summed E-state index contributed by atoms with van der Waals surface area (Å²) >= 11 is 0. The lowest BCUT2D eigenvalue weighted by atomic mass is 10.1. The molecule has 1 nitrogen and oxygen atoms in total. The average molecular weight is 167 g/mol. The maximum atomic E-state index is 13.1. The van der Waals surface area contributed by atoms with Gasteiger partial charge >= 0.3 is 0 Å². The standard InChI is InChI=1S/C10H14FN/c1-4-8-5-6-9(11)10(12-8)7(2)3/h5-7H,4H2,1-3H3. The van der Waals surface area contributed by atoms with Crippen molar-refractivity contribution in [3.63, 3.8) is 0 Å². The molecular weight excluding hydrogens is 153 g/mol. The number of nitrogens with zero attached hydrogens (tertiary/aromatic N) is 1. The van der Waals surface area contributed by atoms with Gasteiger partial charge in [0.2, 0.25) is 0 Å². The van der Waals surface area contributed by atoms with Gasteiger partial charge in [-0.15, -0.1) is 0 Å². The zero-order chi connectivity index (χ0) is 9.14. The highest BCUT2D eigenvalue weighted by molar-refractivity contribution is 5.15. The number of rotatable bonds is 2. The zero-order valence-corrected chi connectivity index (χ0v) is 7.76. The monoisotopic (exact) mass is 167 g/mol. The summed E-state index contributed by atoms with van der Waals surface area (Å²) in [6.45, 7) is 5.92. The largest absolute Gasteiger partial charge is 0.255 e. The van der Waals surface area contributed by atoms with Crippen molar-refractivity contribution in [3.8, 4) is 0 Å². The van der Waals surface area contributed by atoms with E-state index >= 15 is 0 Å². The van der Waals surface area contributed by atoms with E-state index in [0.29, 0.717) is 5.69 Å². The van der Waals surface area contributed by atoms with Crippen LogP contribution in [0.5, 0.6) is 0 Å². The summed E-state index contributed by atoms with van der Waals surface area (Å²) in [6.07, 6.45) is 0.861. The molecule has 2 heteroatoms. The summed E-state index contributed by atoms with van der Waals surface area (Å²) in [5, 5.41) is 0. The first-order chi connectivity index (χ1) is 5.65. The van der Waals surface area contributed by atoms with Gasteiger partial charge in [-0.05, 0) is 24.5 Å². The van der Waals surface area contributed by atoms with Gasteiger partial charge in [-0.1, -0.05) is 20.8 Å². The van der Waals surface area contributed by atoms with E-state index in [9.17, 15) is 4.39 Å². The van der Waals surface area contributed by atoms with Crippen molar-refractivity contribution in [1.82, 2.24) is 4.98 Å². The molecule has 0 unspecified atom stereocenters. The van der Waals surface area contributed by atoms with Crippen LogP contribution in [-0.2, 0) is 6.42 Å². The van der Waals surface area contributed by atoms with E-state index in [4.69, 9.17) is 0 Å². The van der Waals surface area contributed by atoms with Crippen LogP contribution in [-0.4, -0.2) is 4.98 Å². The third kappa shape index (κ3) is 1.81. The first-order valence-corrected chi connectivity index (χ1v) is 4.30. The molecule has 0 radical (unpaired) electrons. The maximum absolute atomic E-state index is 13.1. The number of aromatic nitrogens is 1. The molecule has 0 aromatic carbocycles. The van der Waals surface area contributed by atoms with Crippen molar-refractivity contribution in [1.29, 1.82) is 0 Å². The van der Waals surface area contributed by atoms with Crippen molar-refractivity contribution >= 4 is 0 Å². The molecule has 12 heavy (non-hydrogen) atoms. The lowest BCUT2D eigenvalue weighted by Crippen LogP contribution is -2.00. The second kappa shape index (κ2) is 3.65. The molecule has 0 bridgehead atoms. The van der Waals surface area contributed by atoms with Crippen LogP contribution in [0.4, 0.5) is 4.39 Å². The lowest BCUT2D eigenvalue weighted by molar-refractivity contribution is 0.581. The number of halogens is 1. The second-order valence-electron chi connectivity index (χ2n) is 3.18. The van der Waals surface area contributed by atoms with Crippen LogP contribution in [0.1, 0.15) is 38.1 Å². The van der Waals surface area contributed by atoms with Gasteiger partial charge in [0.25, 0.3) is 0 Å². The molecule has 0 amide bonds. The molecule has 1 aromatic heterocycles. The minimum Gasteiger partial charge on any atom is -0.255 e. The maximum Gasteiger partial charge on any atom is 0.144 e. The Morgan fingerprint density at radius 2 is 2.08 bits per heavy atom. The summed E-state index contributed by atoms with van der Waals surface area (Å²) < 4.78 is 13.1. The molecule has 0 aliphatic rings. The van der Waals surface area contributed by atoms with E-state index < -0.39 is 0 Å². The quantitative estimate of drug-likeness (QED) is 0.660. The van der Waals surface area contributed by atoms with Crippen LogP contribution < -0.4 is 0 Å². The smallest absolute Gasteiger partial charge is 0.144 e. The van der Waals surface area contributed by atoms with E-state index in [2.05, 4.69) is 4.98 Å². The highest BCUT2D eigenvalue weighted by Gasteiger charge is 2.07. The number of aryl methyl sites for hydroxylation is 1. The van der Waals surface area contributed by atoms with E-state index in [-0.39, 0.29) is 11.7 Å². The molecule has 1 rings (SSSR count). The van der Waals surface area contributed by atoms with Crippen LogP contribution in [0, 0.1) is 5.82 Å². The molecule has 1 aromatic rings.